The van der Waals surface area contributed by atoms with Gasteiger partial charge in [-0.05, 0) is 20.8 Å². The normalized spacial score (nSPS) is 22.6. The molecule has 1 aliphatic heterocycles. The summed E-state index contributed by atoms with van der Waals surface area (Å²) in [6, 6.07) is 0. The highest BCUT2D eigenvalue weighted by Crippen LogP contribution is 2.58. The molecule has 2 atom stereocenters. The Morgan fingerprint density at radius 2 is 1.96 bits per heavy atom. The van der Waals surface area contributed by atoms with Crippen molar-refractivity contribution in [3.8, 4) is 0 Å². The van der Waals surface area contributed by atoms with E-state index in [0.717, 1.165) is 0 Å². The van der Waals surface area contributed by atoms with E-state index in [-0.39, 0.29) is 19.6 Å². The van der Waals surface area contributed by atoms with Crippen molar-refractivity contribution in [2.75, 3.05) is 20.3 Å². The zero-order chi connectivity index (χ0) is 17.2. The summed E-state index contributed by atoms with van der Waals surface area (Å²) in [5.74, 6) is -0.633. The summed E-state index contributed by atoms with van der Waals surface area (Å²) in [4.78, 5) is 31.3. The first kappa shape index (κ1) is 18.1. The molecule has 0 bridgehead atoms. The fourth-order valence-electron chi connectivity index (χ4n) is 2.50. The van der Waals surface area contributed by atoms with Gasteiger partial charge in [0.05, 0.1) is 13.2 Å². The number of aromatic amines is 1. The van der Waals surface area contributed by atoms with E-state index in [9.17, 15) is 14.2 Å². The molecule has 0 spiro atoms. The second-order valence-electron chi connectivity index (χ2n) is 5.18. The Kier molecular flexibility index (Phi) is 5.59. The van der Waals surface area contributed by atoms with E-state index in [4.69, 9.17) is 13.9 Å². The number of nitrogens with zero attached hydrogens (tertiary/aromatic N) is 2. The van der Waals surface area contributed by atoms with Gasteiger partial charge in [-0.25, -0.2) is 4.79 Å². The SMILES string of the molecule is CCOP(=O)(OCC)C1CC(n2cc(C)c(=O)[nH]c2=O)ON1C. The minimum atomic E-state index is -3.40. The lowest BCUT2D eigenvalue weighted by Gasteiger charge is -2.25. The minimum Gasteiger partial charge on any atom is -0.308 e. The first-order valence-corrected chi connectivity index (χ1v) is 9.04. The largest absolute Gasteiger partial charge is 0.350 e. The molecule has 0 aliphatic carbocycles. The van der Waals surface area contributed by atoms with Crippen molar-refractivity contribution in [2.45, 2.75) is 39.2 Å². The predicted molar refractivity (Wildman–Crippen MR) is 83.2 cm³/mol. The first-order chi connectivity index (χ1) is 10.8. The zero-order valence-corrected chi connectivity index (χ0v) is 14.5. The third kappa shape index (κ3) is 3.64. The highest BCUT2D eigenvalue weighted by atomic mass is 31.2. The third-order valence-electron chi connectivity index (χ3n) is 3.56. The molecule has 23 heavy (non-hydrogen) atoms. The van der Waals surface area contributed by atoms with Crippen LogP contribution < -0.4 is 11.2 Å². The van der Waals surface area contributed by atoms with E-state index in [1.54, 1.807) is 27.8 Å². The summed E-state index contributed by atoms with van der Waals surface area (Å²) in [6.07, 6.45) is 0.968. The van der Waals surface area contributed by atoms with Gasteiger partial charge in [0.25, 0.3) is 5.56 Å². The molecule has 0 aromatic carbocycles. The fraction of sp³-hybridized carbons (Fsp3) is 0.692. The van der Waals surface area contributed by atoms with Gasteiger partial charge in [0, 0.05) is 25.2 Å². The van der Waals surface area contributed by atoms with Crippen LogP contribution in [0.3, 0.4) is 0 Å². The maximum Gasteiger partial charge on any atom is 0.350 e. The molecule has 0 saturated carbocycles. The molecule has 1 saturated heterocycles. The molecule has 2 rings (SSSR count). The second-order valence-corrected chi connectivity index (χ2v) is 7.37. The molecule has 130 valence electrons. The van der Waals surface area contributed by atoms with Gasteiger partial charge in [-0.3, -0.25) is 23.7 Å². The molecule has 0 amide bonds. The number of hydrogen-bond acceptors (Lipinski definition) is 7. The zero-order valence-electron chi connectivity index (χ0n) is 13.6. The molecule has 1 aromatic rings. The topological polar surface area (TPSA) is 103 Å². The molecule has 1 N–H and O–H groups in total. The molecule has 2 unspecified atom stereocenters. The number of aryl methyl sites for hydroxylation is 1. The Hall–Kier alpha value is -1.25. The number of nitrogens with one attached hydrogen (secondary N) is 1. The molecule has 2 heterocycles. The minimum absolute atomic E-state index is 0.235. The fourth-order valence-corrected chi connectivity index (χ4v) is 4.53. The molecular formula is C13H22N3O6P. The van der Waals surface area contributed by atoms with Crippen molar-refractivity contribution in [3.63, 3.8) is 0 Å². The molecule has 0 radical (unpaired) electrons. The lowest BCUT2D eigenvalue weighted by molar-refractivity contribution is -0.160. The van der Waals surface area contributed by atoms with Crippen LogP contribution in [0.2, 0.25) is 0 Å². The third-order valence-corrected chi connectivity index (χ3v) is 6.06. The van der Waals surface area contributed by atoms with E-state index < -0.39 is 30.9 Å². The van der Waals surface area contributed by atoms with Crippen molar-refractivity contribution in [2.24, 2.45) is 0 Å². The smallest absolute Gasteiger partial charge is 0.308 e. The molecule has 9 nitrogen and oxygen atoms in total. The number of H-pyrrole nitrogens is 1. The Bertz CT molecular complexity index is 704. The van der Waals surface area contributed by atoms with Crippen LogP contribution in [0.1, 0.15) is 32.1 Å². The predicted octanol–water partition coefficient (Wildman–Crippen LogP) is 1.20. The Balaban J connectivity index is 2.31. The second kappa shape index (κ2) is 7.11. The van der Waals surface area contributed by atoms with Crippen LogP contribution in [0.4, 0.5) is 0 Å². The summed E-state index contributed by atoms with van der Waals surface area (Å²) < 4.78 is 24.9. The van der Waals surface area contributed by atoms with Crippen LogP contribution in [0.15, 0.2) is 15.8 Å². The maximum absolute atomic E-state index is 12.9. The molecule has 1 fully saturated rings. The van der Waals surface area contributed by atoms with Gasteiger partial charge in [0.15, 0.2) is 6.23 Å². The van der Waals surface area contributed by atoms with Crippen LogP contribution in [0.5, 0.6) is 0 Å². The van der Waals surface area contributed by atoms with Gasteiger partial charge in [-0.1, -0.05) is 0 Å². The van der Waals surface area contributed by atoms with Crippen LogP contribution in [-0.2, 0) is 18.5 Å². The van der Waals surface area contributed by atoms with Crippen LogP contribution in [0.25, 0.3) is 0 Å². The van der Waals surface area contributed by atoms with E-state index >= 15 is 0 Å². The molecular weight excluding hydrogens is 325 g/mol. The first-order valence-electron chi connectivity index (χ1n) is 7.42. The van der Waals surface area contributed by atoms with Gasteiger partial charge in [-0.15, -0.1) is 0 Å². The highest BCUT2D eigenvalue weighted by molar-refractivity contribution is 7.54. The number of hydroxylamine groups is 2. The Morgan fingerprint density at radius 1 is 1.35 bits per heavy atom. The lowest BCUT2D eigenvalue weighted by atomic mass is 10.3. The molecule has 10 heteroatoms. The summed E-state index contributed by atoms with van der Waals surface area (Å²) in [5, 5.41) is 1.39. The van der Waals surface area contributed by atoms with Gasteiger partial charge in [-0.2, -0.15) is 5.06 Å². The standard InChI is InChI=1S/C13H22N3O6P/c1-5-20-23(19,21-6-2)11-7-10(22-15(11)4)16-8-9(3)12(17)14-13(16)18/h8,10-11H,5-7H2,1-4H3,(H,14,17,18). The van der Waals surface area contributed by atoms with Gasteiger partial charge >= 0.3 is 13.3 Å². The summed E-state index contributed by atoms with van der Waals surface area (Å²) in [7, 11) is -1.79. The number of rotatable bonds is 6. The summed E-state index contributed by atoms with van der Waals surface area (Å²) in [5.41, 5.74) is -0.636. The van der Waals surface area contributed by atoms with Crippen molar-refractivity contribution in [3.05, 3.63) is 32.6 Å². The Morgan fingerprint density at radius 3 is 2.52 bits per heavy atom. The van der Waals surface area contributed by atoms with Gasteiger partial charge in [0.1, 0.15) is 5.78 Å². The van der Waals surface area contributed by atoms with Crippen LogP contribution in [0, 0.1) is 6.92 Å². The van der Waals surface area contributed by atoms with E-state index in [2.05, 4.69) is 4.98 Å². The van der Waals surface area contributed by atoms with Crippen molar-refractivity contribution in [1.29, 1.82) is 0 Å². The molecule has 1 aliphatic rings. The van der Waals surface area contributed by atoms with Crippen molar-refractivity contribution >= 4 is 7.60 Å². The number of aromatic nitrogens is 2. The summed E-state index contributed by atoms with van der Waals surface area (Å²) >= 11 is 0. The van der Waals surface area contributed by atoms with E-state index in [0.29, 0.717) is 5.56 Å². The average molecular weight is 347 g/mol. The monoisotopic (exact) mass is 347 g/mol. The Labute approximate surface area is 133 Å². The van der Waals surface area contributed by atoms with Crippen LogP contribution in [-0.4, -0.2) is 40.7 Å². The van der Waals surface area contributed by atoms with Gasteiger partial charge in [0.2, 0.25) is 0 Å². The summed E-state index contributed by atoms with van der Waals surface area (Å²) in [6.45, 7) is 5.54. The maximum atomic E-state index is 12.9. The highest BCUT2D eigenvalue weighted by Gasteiger charge is 2.46. The molecule has 1 aromatic heterocycles. The quantitative estimate of drug-likeness (QED) is 0.771. The lowest BCUT2D eigenvalue weighted by Crippen LogP contribution is -2.33. The van der Waals surface area contributed by atoms with Crippen LogP contribution >= 0.6 is 7.60 Å². The van der Waals surface area contributed by atoms with Crippen molar-refractivity contribution < 1.29 is 18.5 Å². The average Bonchev–Trinajstić information content (AvgIpc) is 2.86. The number of hydrogen-bond donors (Lipinski definition) is 1. The van der Waals surface area contributed by atoms with Gasteiger partial charge < -0.3 is 9.05 Å². The van der Waals surface area contributed by atoms with E-state index in [1.165, 1.54) is 15.8 Å². The van der Waals surface area contributed by atoms with E-state index in [1.807, 2.05) is 0 Å². The van der Waals surface area contributed by atoms with Crippen molar-refractivity contribution in [1.82, 2.24) is 14.6 Å².